The zero-order chi connectivity index (χ0) is 18.4. The van der Waals surface area contributed by atoms with Gasteiger partial charge in [0.25, 0.3) is 0 Å². The van der Waals surface area contributed by atoms with E-state index in [4.69, 9.17) is 0 Å². The van der Waals surface area contributed by atoms with Crippen molar-refractivity contribution in [1.82, 2.24) is 20.6 Å². The number of H-pyrrole nitrogens is 1. The lowest BCUT2D eigenvalue weighted by atomic mass is 10.1. The number of imidazole rings is 1. The van der Waals surface area contributed by atoms with E-state index in [-0.39, 0.29) is 24.0 Å². The number of para-hydroxylation sites is 2. The largest absolute Gasteiger partial charge is 0.356 e. The molecule has 0 aliphatic carbocycles. The molecule has 144 valence electrons. The lowest BCUT2D eigenvalue weighted by Crippen LogP contribution is -2.38. The number of rotatable bonds is 6. The number of hydrogen-bond acceptors (Lipinski definition) is 3. The molecule has 0 aliphatic rings. The van der Waals surface area contributed by atoms with Crippen molar-refractivity contribution in [3.8, 4) is 0 Å². The minimum Gasteiger partial charge on any atom is -0.356 e. The number of aromatic amines is 1. The van der Waals surface area contributed by atoms with Gasteiger partial charge in [-0.3, -0.25) is 4.99 Å². The summed E-state index contributed by atoms with van der Waals surface area (Å²) in [5.74, 6) is 1.78. The molecule has 0 saturated carbocycles. The van der Waals surface area contributed by atoms with Crippen LogP contribution in [0.2, 0.25) is 0 Å². The Hall–Kier alpha value is -1.74. The zero-order valence-corrected chi connectivity index (χ0v) is 19.0. The van der Waals surface area contributed by atoms with Crippen molar-refractivity contribution < 1.29 is 0 Å². The maximum absolute atomic E-state index is 4.60. The number of halogens is 1. The summed E-state index contributed by atoms with van der Waals surface area (Å²) in [5, 5.41) is 6.74. The van der Waals surface area contributed by atoms with Crippen molar-refractivity contribution in [2.45, 2.75) is 24.8 Å². The number of aliphatic imine (C=N–C) groups is 1. The average molecular weight is 495 g/mol. The van der Waals surface area contributed by atoms with Gasteiger partial charge in [-0.2, -0.15) is 0 Å². The summed E-state index contributed by atoms with van der Waals surface area (Å²) in [6, 6.07) is 14.6. The van der Waals surface area contributed by atoms with Crippen molar-refractivity contribution in [3.63, 3.8) is 0 Å². The molecule has 7 heteroatoms. The van der Waals surface area contributed by atoms with Crippen molar-refractivity contribution in [3.05, 3.63) is 59.4 Å². The van der Waals surface area contributed by atoms with Crippen LogP contribution in [0.25, 0.3) is 11.0 Å². The molecule has 5 nitrogen and oxygen atoms in total. The predicted molar refractivity (Wildman–Crippen MR) is 126 cm³/mol. The molecule has 27 heavy (non-hydrogen) atoms. The summed E-state index contributed by atoms with van der Waals surface area (Å²) in [4.78, 5) is 13.6. The number of nitrogens with one attached hydrogen (secondary N) is 3. The van der Waals surface area contributed by atoms with Crippen LogP contribution < -0.4 is 10.6 Å². The molecule has 1 heterocycles. The molecule has 3 rings (SSSR count). The summed E-state index contributed by atoms with van der Waals surface area (Å²) < 4.78 is 0. The molecule has 3 aromatic rings. The van der Waals surface area contributed by atoms with Gasteiger partial charge in [-0.15, -0.1) is 35.7 Å². The van der Waals surface area contributed by atoms with E-state index in [1.165, 1.54) is 16.0 Å². The molecular weight excluding hydrogens is 469 g/mol. The van der Waals surface area contributed by atoms with Gasteiger partial charge in [-0.1, -0.05) is 24.3 Å². The van der Waals surface area contributed by atoms with Crippen LogP contribution in [0.4, 0.5) is 0 Å². The number of benzene rings is 2. The molecule has 0 radical (unpaired) electrons. The smallest absolute Gasteiger partial charge is 0.191 e. The van der Waals surface area contributed by atoms with Crippen LogP contribution in [0, 0.1) is 6.92 Å². The normalized spacial score (nSPS) is 11.3. The number of thioether (sulfide) groups is 1. The van der Waals surface area contributed by atoms with Gasteiger partial charge >= 0.3 is 0 Å². The van der Waals surface area contributed by atoms with Crippen LogP contribution in [-0.4, -0.2) is 35.8 Å². The van der Waals surface area contributed by atoms with Crippen LogP contribution in [0.15, 0.2) is 52.4 Å². The highest BCUT2D eigenvalue weighted by Crippen LogP contribution is 2.21. The van der Waals surface area contributed by atoms with Crippen LogP contribution >= 0.6 is 35.7 Å². The van der Waals surface area contributed by atoms with Crippen molar-refractivity contribution >= 4 is 52.7 Å². The summed E-state index contributed by atoms with van der Waals surface area (Å²) in [6.45, 7) is 3.64. The van der Waals surface area contributed by atoms with Crippen LogP contribution in [-0.2, 0) is 13.0 Å². The number of fused-ring (bicyclic) bond motifs is 1. The Morgan fingerprint density at radius 2 is 2.00 bits per heavy atom. The van der Waals surface area contributed by atoms with E-state index in [1.54, 1.807) is 18.8 Å². The molecule has 0 saturated heterocycles. The maximum Gasteiger partial charge on any atom is 0.191 e. The highest BCUT2D eigenvalue weighted by molar-refractivity contribution is 14.0. The second kappa shape index (κ2) is 10.6. The fourth-order valence-electron chi connectivity index (χ4n) is 2.82. The average Bonchev–Trinajstić information content (AvgIpc) is 3.08. The zero-order valence-electron chi connectivity index (χ0n) is 15.9. The predicted octanol–water partition coefficient (Wildman–Crippen LogP) is 4.12. The Bertz CT molecular complexity index is 873. The molecule has 0 aliphatic heterocycles. The highest BCUT2D eigenvalue weighted by Gasteiger charge is 2.05. The van der Waals surface area contributed by atoms with Gasteiger partial charge in [0, 0.05) is 31.5 Å². The van der Waals surface area contributed by atoms with E-state index >= 15 is 0 Å². The van der Waals surface area contributed by atoms with Crippen molar-refractivity contribution in [2.75, 3.05) is 19.8 Å². The van der Waals surface area contributed by atoms with Gasteiger partial charge < -0.3 is 15.6 Å². The molecular formula is C20H26IN5S. The number of guanidine groups is 1. The third kappa shape index (κ3) is 5.87. The first-order chi connectivity index (χ1) is 12.7. The van der Waals surface area contributed by atoms with Gasteiger partial charge in [0.05, 0.1) is 11.0 Å². The third-order valence-electron chi connectivity index (χ3n) is 4.21. The number of aromatic nitrogens is 2. The van der Waals surface area contributed by atoms with Crippen LogP contribution in [0.1, 0.15) is 17.0 Å². The third-order valence-corrected chi connectivity index (χ3v) is 5.03. The molecule has 0 fully saturated rings. The molecule has 0 unspecified atom stereocenters. The van der Waals surface area contributed by atoms with Gasteiger partial charge in [0.2, 0.25) is 0 Å². The SMILES string of the molecule is CN=C(NCCc1nc2ccccc2[nH]1)NCc1ccc(C)cc1SC.I. The molecule has 3 N–H and O–H groups in total. The van der Waals surface area contributed by atoms with E-state index in [2.05, 4.69) is 57.0 Å². The lowest BCUT2D eigenvalue weighted by molar-refractivity contribution is 0.772. The van der Waals surface area contributed by atoms with Gasteiger partial charge in [0.15, 0.2) is 5.96 Å². The van der Waals surface area contributed by atoms with E-state index in [1.807, 2.05) is 24.3 Å². The molecule has 0 atom stereocenters. The molecule has 2 aromatic carbocycles. The summed E-state index contributed by atoms with van der Waals surface area (Å²) >= 11 is 1.77. The Kier molecular flexibility index (Phi) is 8.43. The topological polar surface area (TPSA) is 65.1 Å². The first kappa shape index (κ1) is 21.6. The fourth-order valence-corrected chi connectivity index (χ4v) is 3.53. The fraction of sp³-hybridized carbons (Fsp3) is 0.300. The Balaban J connectivity index is 0.00000261. The van der Waals surface area contributed by atoms with Crippen LogP contribution in [0.5, 0.6) is 0 Å². The van der Waals surface area contributed by atoms with E-state index in [0.29, 0.717) is 0 Å². The first-order valence-corrected chi connectivity index (χ1v) is 9.93. The number of hydrogen-bond donors (Lipinski definition) is 3. The van der Waals surface area contributed by atoms with Crippen molar-refractivity contribution in [2.24, 2.45) is 4.99 Å². The highest BCUT2D eigenvalue weighted by atomic mass is 127. The van der Waals surface area contributed by atoms with Crippen LogP contribution in [0.3, 0.4) is 0 Å². The molecule has 1 aromatic heterocycles. The van der Waals surface area contributed by atoms with E-state index < -0.39 is 0 Å². The molecule has 0 spiro atoms. The summed E-state index contributed by atoms with van der Waals surface area (Å²) in [7, 11) is 1.79. The summed E-state index contributed by atoms with van der Waals surface area (Å²) in [6.07, 6.45) is 2.93. The molecule has 0 amide bonds. The Morgan fingerprint density at radius 1 is 1.19 bits per heavy atom. The van der Waals surface area contributed by atoms with Gasteiger partial charge in [0.1, 0.15) is 5.82 Å². The number of aryl methyl sites for hydroxylation is 1. The first-order valence-electron chi connectivity index (χ1n) is 8.71. The van der Waals surface area contributed by atoms with E-state index in [0.717, 1.165) is 42.3 Å². The Morgan fingerprint density at radius 3 is 2.74 bits per heavy atom. The molecule has 0 bridgehead atoms. The monoisotopic (exact) mass is 495 g/mol. The summed E-state index contributed by atoms with van der Waals surface area (Å²) in [5.41, 5.74) is 4.65. The second-order valence-electron chi connectivity index (χ2n) is 6.12. The minimum atomic E-state index is 0. The minimum absolute atomic E-state index is 0. The number of nitrogens with zero attached hydrogens (tertiary/aromatic N) is 2. The quantitative estimate of drug-likeness (QED) is 0.208. The Labute approximate surface area is 181 Å². The van der Waals surface area contributed by atoms with Crippen molar-refractivity contribution in [1.29, 1.82) is 0 Å². The van der Waals surface area contributed by atoms with Gasteiger partial charge in [-0.25, -0.2) is 4.98 Å². The van der Waals surface area contributed by atoms with E-state index in [9.17, 15) is 0 Å². The maximum atomic E-state index is 4.60. The lowest BCUT2D eigenvalue weighted by Gasteiger charge is -2.13. The van der Waals surface area contributed by atoms with Gasteiger partial charge in [-0.05, 0) is 42.5 Å². The second-order valence-corrected chi connectivity index (χ2v) is 6.97. The standard InChI is InChI=1S/C20H25N5S.HI/c1-14-8-9-15(18(12-14)26-3)13-23-20(21-2)22-11-10-19-24-16-6-4-5-7-17(16)25-19;/h4-9,12H,10-11,13H2,1-3H3,(H,24,25)(H2,21,22,23);1H.